The van der Waals surface area contributed by atoms with E-state index in [1.54, 1.807) is 0 Å². The van der Waals surface area contributed by atoms with Crippen molar-refractivity contribution in [1.29, 1.82) is 0 Å². The van der Waals surface area contributed by atoms with Gasteiger partial charge in [-0.2, -0.15) is 0 Å². The van der Waals surface area contributed by atoms with E-state index in [0.29, 0.717) is 6.04 Å². The molecule has 0 saturated heterocycles. The summed E-state index contributed by atoms with van der Waals surface area (Å²) in [6, 6.07) is 5.07. The zero-order chi connectivity index (χ0) is 10.1. The Kier molecular flexibility index (Phi) is 2.93. The highest BCUT2D eigenvalue weighted by molar-refractivity contribution is 9.10. The van der Waals surface area contributed by atoms with Crippen LogP contribution in [0.3, 0.4) is 0 Å². The third-order valence-corrected chi connectivity index (χ3v) is 3.40. The van der Waals surface area contributed by atoms with Crippen molar-refractivity contribution in [3.8, 4) is 0 Å². The molecule has 1 aromatic carbocycles. The Morgan fingerprint density at radius 2 is 2.29 bits per heavy atom. The molecule has 1 aromatic rings. The largest absolute Gasteiger partial charge is 0.310 e. The van der Waals surface area contributed by atoms with Gasteiger partial charge in [0.2, 0.25) is 0 Å². The van der Waals surface area contributed by atoms with Gasteiger partial charge in [-0.25, -0.2) is 0 Å². The standard InChI is InChI=1S/C12H16BrN/c1-3-14-11-5-4-9-7-10(13)6-8(2)12(9)11/h6-7,11,14H,3-5H2,1-2H3. The van der Waals surface area contributed by atoms with E-state index in [1.165, 1.54) is 34.0 Å². The predicted molar refractivity (Wildman–Crippen MR) is 63.6 cm³/mol. The maximum Gasteiger partial charge on any atom is 0.0328 e. The van der Waals surface area contributed by atoms with Crippen molar-refractivity contribution in [2.24, 2.45) is 0 Å². The van der Waals surface area contributed by atoms with E-state index in [4.69, 9.17) is 0 Å². The summed E-state index contributed by atoms with van der Waals surface area (Å²) in [5, 5.41) is 3.55. The summed E-state index contributed by atoms with van der Waals surface area (Å²) in [5.74, 6) is 0. The molecule has 2 heteroatoms. The number of rotatable bonds is 2. The molecular formula is C12H16BrN. The summed E-state index contributed by atoms with van der Waals surface area (Å²) in [4.78, 5) is 0. The van der Waals surface area contributed by atoms with Crippen molar-refractivity contribution < 1.29 is 0 Å². The maximum absolute atomic E-state index is 3.55. The molecule has 76 valence electrons. The summed E-state index contributed by atoms with van der Waals surface area (Å²) in [6.45, 7) is 5.44. The lowest BCUT2D eigenvalue weighted by molar-refractivity contribution is 0.547. The lowest BCUT2D eigenvalue weighted by Crippen LogP contribution is -2.18. The second-order valence-corrected chi connectivity index (χ2v) is 4.86. The summed E-state index contributed by atoms with van der Waals surface area (Å²) >= 11 is 3.55. The molecule has 1 aliphatic carbocycles. The van der Waals surface area contributed by atoms with Gasteiger partial charge in [0.15, 0.2) is 0 Å². The molecule has 0 amide bonds. The van der Waals surface area contributed by atoms with Gasteiger partial charge >= 0.3 is 0 Å². The number of halogens is 1. The normalized spacial score (nSPS) is 19.8. The third kappa shape index (κ3) is 1.73. The van der Waals surface area contributed by atoms with Gasteiger partial charge in [0.25, 0.3) is 0 Å². The van der Waals surface area contributed by atoms with Crippen LogP contribution in [0.2, 0.25) is 0 Å². The number of aryl methyl sites for hydroxylation is 2. The monoisotopic (exact) mass is 253 g/mol. The number of hydrogen-bond donors (Lipinski definition) is 1. The maximum atomic E-state index is 3.55. The number of fused-ring (bicyclic) bond motifs is 1. The van der Waals surface area contributed by atoms with E-state index in [-0.39, 0.29) is 0 Å². The van der Waals surface area contributed by atoms with Crippen LogP contribution in [0.4, 0.5) is 0 Å². The van der Waals surface area contributed by atoms with E-state index in [2.05, 4.69) is 47.2 Å². The number of nitrogens with one attached hydrogen (secondary N) is 1. The van der Waals surface area contributed by atoms with Crippen molar-refractivity contribution >= 4 is 15.9 Å². The Bertz CT molecular complexity index is 346. The van der Waals surface area contributed by atoms with Crippen LogP contribution in [0.15, 0.2) is 16.6 Å². The van der Waals surface area contributed by atoms with Crippen molar-refractivity contribution in [3.63, 3.8) is 0 Å². The molecule has 1 unspecified atom stereocenters. The first kappa shape index (κ1) is 10.2. The first-order chi connectivity index (χ1) is 6.72. The minimum atomic E-state index is 0.586. The van der Waals surface area contributed by atoms with Gasteiger partial charge in [0.1, 0.15) is 0 Å². The molecule has 1 nitrogen and oxygen atoms in total. The molecule has 1 N–H and O–H groups in total. The highest BCUT2D eigenvalue weighted by Gasteiger charge is 2.23. The van der Waals surface area contributed by atoms with Crippen molar-refractivity contribution in [2.75, 3.05) is 6.54 Å². The fourth-order valence-electron chi connectivity index (χ4n) is 2.42. The first-order valence-electron chi connectivity index (χ1n) is 5.24. The molecule has 0 aromatic heterocycles. The van der Waals surface area contributed by atoms with Crippen LogP contribution in [-0.4, -0.2) is 6.54 Å². The molecule has 0 heterocycles. The van der Waals surface area contributed by atoms with Crippen LogP contribution >= 0.6 is 15.9 Å². The molecule has 0 aliphatic heterocycles. The molecule has 2 rings (SSSR count). The predicted octanol–water partition coefficient (Wildman–Crippen LogP) is 3.35. The lowest BCUT2D eigenvalue weighted by Gasteiger charge is -2.15. The highest BCUT2D eigenvalue weighted by Crippen LogP contribution is 2.35. The van der Waals surface area contributed by atoms with Crippen LogP contribution in [0.1, 0.15) is 36.1 Å². The summed E-state index contributed by atoms with van der Waals surface area (Å²) < 4.78 is 1.21. The van der Waals surface area contributed by atoms with Crippen LogP contribution in [0.5, 0.6) is 0 Å². The van der Waals surface area contributed by atoms with Crippen molar-refractivity contribution in [1.82, 2.24) is 5.32 Å². The van der Waals surface area contributed by atoms with E-state index in [0.717, 1.165) is 6.54 Å². The van der Waals surface area contributed by atoms with Gasteiger partial charge in [-0.1, -0.05) is 22.9 Å². The molecule has 0 spiro atoms. The van der Waals surface area contributed by atoms with Gasteiger partial charge in [0, 0.05) is 10.5 Å². The summed E-state index contributed by atoms with van der Waals surface area (Å²) in [7, 11) is 0. The Morgan fingerprint density at radius 1 is 1.50 bits per heavy atom. The number of hydrogen-bond acceptors (Lipinski definition) is 1. The molecule has 1 aliphatic rings. The van der Waals surface area contributed by atoms with Gasteiger partial charge in [0.05, 0.1) is 0 Å². The fraction of sp³-hybridized carbons (Fsp3) is 0.500. The summed E-state index contributed by atoms with van der Waals surface area (Å²) in [6.07, 6.45) is 2.47. The fourth-order valence-corrected chi connectivity index (χ4v) is 3.04. The molecule has 0 saturated carbocycles. The van der Waals surface area contributed by atoms with E-state index < -0.39 is 0 Å². The minimum Gasteiger partial charge on any atom is -0.310 e. The second kappa shape index (κ2) is 4.03. The highest BCUT2D eigenvalue weighted by atomic mass is 79.9. The average Bonchev–Trinajstić information content (AvgIpc) is 2.49. The molecule has 0 bridgehead atoms. The first-order valence-corrected chi connectivity index (χ1v) is 6.04. The zero-order valence-electron chi connectivity index (χ0n) is 8.73. The smallest absolute Gasteiger partial charge is 0.0328 e. The van der Waals surface area contributed by atoms with Crippen molar-refractivity contribution in [2.45, 2.75) is 32.7 Å². The van der Waals surface area contributed by atoms with Crippen LogP contribution in [0, 0.1) is 6.92 Å². The second-order valence-electron chi connectivity index (χ2n) is 3.94. The topological polar surface area (TPSA) is 12.0 Å². The van der Waals surface area contributed by atoms with E-state index in [9.17, 15) is 0 Å². The van der Waals surface area contributed by atoms with Gasteiger partial charge < -0.3 is 5.32 Å². The molecule has 0 fully saturated rings. The molecule has 14 heavy (non-hydrogen) atoms. The molecule has 1 atom stereocenters. The Labute approximate surface area is 94.0 Å². The van der Waals surface area contributed by atoms with E-state index >= 15 is 0 Å². The molecular weight excluding hydrogens is 238 g/mol. The third-order valence-electron chi connectivity index (χ3n) is 2.94. The SMILES string of the molecule is CCNC1CCc2cc(Br)cc(C)c21. The average molecular weight is 254 g/mol. The lowest BCUT2D eigenvalue weighted by atomic mass is 10.0. The van der Waals surface area contributed by atoms with Crippen molar-refractivity contribution in [3.05, 3.63) is 33.3 Å². The Morgan fingerprint density at radius 3 is 3.00 bits per heavy atom. The van der Waals surface area contributed by atoms with Gasteiger partial charge in [-0.05, 0) is 55.1 Å². The molecule has 0 radical (unpaired) electrons. The van der Waals surface area contributed by atoms with Gasteiger partial charge in [-0.3, -0.25) is 0 Å². The Balaban J connectivity index is 2.39. The minimum absolute atomic E-state index is 0.586. The zero-order valence-corrected chi connectivity index (χ0v) is 10.3. The van der Waals surface area contributed by atoms with Crippen LogP contribution in [-0.2, 0) is 6.42 Å². The van der Waals surface area contributed by atoms with Crippen LogP contribution < -0.4 is 5.32 Å². The quantitative estimate of drug-likeness (QED) is 0.853. The van der Waals surface area contributed by atoms with E-state index in [1.807, 2.05) is 0 Å². The number of benzene rings is 1. The summed E-state index contributed by atoms with van der Waals surface area (Å²) in [5.41, 5.74) is 4.47. The Hall–Kier alpha value is -0.340. The van der Waals surface area contributed by atoms with Gasteiger partial charge in [-0.15, -0.1) is 0 Å². The van der Waals surface area contributed by atoms with Crippen LogP contribution in [0.25, 0.3) is 0 Å².